The molecular formula is C28H26N4O6S. The van der Waals surface area contributed by atoms with E-state index in [0.717, 1.165) is 5.56 Å². The van der Waals surface area contributed by atoms with Crippen LogP contribution in [0.2, 0.25) is 0 Å². The van der Waals surface area contributed by atoms with Crippen molar-refractivity contribution in [2.24, 2.45) is 5.16 Å². The van der Waals surface area contributed by atoms with E-state index < -0.39 is 15.7 Å². The van der Waals surface area contributed by atoms with Crippen LogP contribution in [0.3, 0.4) is 0 Å². The van der Waals surface area contributed by atoms with Gasteiger partial charge in [0, 0.05) is 18.3 Å². The molecule has 0 unspecified atom stereocenters. The van der Waals surface area contributed by atoms with Crippen LogP contribution in [0.15, 0.2) is 94.1 Å². The molecule has 0 spiro atoms. The molecule has 3 aromatic carbocycles. The number of anilines is 1. The lowest BCUT2D eigenvalue weighted by atomic mass is 9.96. The Kier molecular flexibility index (Phi) is 8.23. The second kappa shape index (κ2) is 11.8. The number of methoxy groups -OCH3 is 1. The summed E-state index contributed by atoms with van der Waals surface area (Å²) in [5.74, 6) is -0.216. The van der Waals surface area contributed by atoms with E-state index in [1.54, 1.807) is 60.9 Å². The van der Waals surface area contributed by atoms with E-state index in [0.29, 0.717) is 33.7 Å². The summed E-state index contributed by atoms with van der Waals surface area (Å²) in [6, 6.07) is 19.9. The number of nitrogens with zero attached hydrogens (tertiary/aromatic N) is 2. The SMILES string of the molecule is COc1ccc(S(=O)(=O)c2ncccc2CNc2c(C)cc(-c3cccc(/C=N\O)c3)cc2C(=O)NO)cc1. The lowest BCUT2D eigenvalue weighted by molar-refractivity contribution is 0.0707. The molecule has 0 radical (unpaired) electrons. The molecule has 4 rings (SSSR count). The van der Waals surface area contributed by atoms with Gasteiger partial charge >= 0.3 is 0 Å². The zero-order valence-corrected chi connectivity index (χ0v) is 21.9. The van der Waals surface area contributed by atoms with Gasteiger partial charge in [0.1, 0.15) is 5.75 Å². The van der Waals surface area contributed by atoms with Gasteiger partial charge in [-0.15, -0.1) is 0 Å². The first-order chi connectivity index (χ1) is 18.8. The van der Waals surface area contributed by atoms with Gasteiger partial charge in [0.2, 0.25) is 9.84 Å². The van der Waals surface area contributed by atoms with E-state index >= 15 is 0 Å². The van der Waals surface area contributed by atoms with Crippen LogP contribution in [0.25, 0.3) is 11.1 Å². The lowest BCUT2D eigenvalue weighted by Gasteiger charge is -2.17. The molecule has 0 aliphatic heterocycles. The number of nitrogens with one attached hydrogen (secondary N) is 2. The van der Waals surface area contributed by atoms with E-state index in [-0.39, 0.29) is 22.0 Å². The first-order valence-corrected chi connectivity index (χ1v) is 13.2. The highest BCUT2D eigenvalue weighted by molar-refractivity contribution is 7.91. The van der Waals surface area contributed by atoms with Gasteiger partial charge in [-0.05, 0) is 77.7 Å². The van der Waals surface area contributed by atoms with Crippen LogP contribution in [-0.4, -0.2) is 43.0 Å². The van der Waals surface area contributed by atoms with Crippen molar-refractivity contribution in [1.29, 1.82) is 0 Å². The fraction of sp³-hybridized carbons (Fsp3) is 0.107. The number of aromatic nitrogens is 1. The largest absolute Gasteiger partial charge is 0.497 e. The number of oxime groups is 1. The predicted molar refractivity (Wildman–Crippen MR) is 145 cm³/mol. The van der Waals surface area contributed by atoms with Crippen LogP contribution in [0.1, 0.15) is 27.0 Å². The zero-order chi connectivity index (χ0) is 28.0. The summed E-state index contributed by atoms with van der Waals surface area (Å²) in [5.41, 5.74) is 5.41. The monoisotopic (exact) mass is 546 g/mol. The second-order valence-corrected chi connectivity index (χ2v) is 10.4. The Balaban J connectivity index is 1.70. The minimum absolute atomic E-state index is 0.0346. The van der Waals surface area contributed by atoms with E-state index in [4.69, 9.17) is 9.94 Å². The van der Waals surface area contributed by atoms with E-state index in [1.807, 2.05) is 12.1 Å². The highest BCUT2D eigenvalue weighted by Crippen LogP contribution is 2.31. The molecule has 4 aromatic rings. The van der Waals surface area contributed by atoms with Crippen molar-refractivity contribution in [3.63, 3.8) is 0 Å². The third-order valence-corrected chi connectivity index (χ3v) is 7.81. The van der Waals surface area contributed by atoms with Crippen LogP contribution < -0.4 is 15.5 Å². The van der Waals surface area contributed by atoms with Gasteiger partial charge in [-0.25, -0.2) is 18.9 Å². The summed E-state index contributed by atoms with van der Waals surface area (Å²) in [7, 11) is -2.45. The van der Waals surface area contributed by atoms with Crippen molar-refractivity contribution in [2.75, 3.05) is 12.4 Å². The Hall–Kier alpha value is -4.74. The van der Waals surface area contributed by atoms with Gasteiger partial charge in [0.25, 0.3) is 5.91 Å². The average Bonchev–Trinajstić information content (AvgIpc) is 2.96. The topological polar surface area (TPSA) is 150 Å². The van der Waals surface area contributed by atoms with Crippen molar-refractivity contribution in [3.8, 4) is 16.9 Å². The third-order valence-electron chi connectivity index (χ3n) is 6.04. The normalized spacial score (nSPS) is 11.4. The molecule has 1 heterocycles. The number of aryl methyl sites for hydroxylation is 1. The Morgan fingerprint density at radius 1 is 1.05 bits per heavy atom. The van der Waals surface area contributed by atoms with Crippen molar-refractivity contribution in [3.05, 3.63) is 101 Å². The van der Waals surface area contributed by atoms with Crippen LogP contribution >= 0.6 is 0 Å². The van der Waals surface area contributed by atoms with Gasteiger partial charge in [-0.1, -0.05) is 29.4 Å². The maximum absolute atomic E-state index is 13.4. The van der Waals surface area contributed by atoms with Crippen LogP contribution in [0.5, 0.6) is 5.75 Å². The predicted octanol–water partition coefficient (Wildman–Crippen LogP) is 4.44. The smallest absolute Gasteiger partial charge is 0.276 e. The van der Waals surface area contributed by atoms with Gasteiger partial charge in [-0.2, -0.15) is 0 Å². The molecule has 0 aliphatic carbocycles. The first-order valence-electron chi connectivity index (χ1n) is 11.7. The average molecular weight is 547 g/mol. The van der Waals surface area contributed by atoms with Crippen molar-refractivity contribution >= 4 is 27.6 Å². The molecule has 0 saturated carbocycles. The molecule has 39 heavy (non-hydrogen) atoms. The highest BCUT2D eigenvalue weighted by atomic mass is 32.2. The van der Waals surface area contributed by atoms with Gasteiger partial charge in [0.05, 0.1) is 29.5 Å². The number of sulfone groups is 1. The lowest BCUT2D eigenvalue weighted by Crippen LogP contribution is -2.21. The van der Waals surface area contributed by atoms with Gasteiger partial charge < -0.3 is 15.3 Å². The van der Waals surface area contributed by atoms with Crippen molar-refractivity contribution in [1.82, 2.24) is 10.5 Å². The Morgan fingerprint density at radius 2 is 1.82 bits per heavy atom. The third kappa shape index (κ3) is 5.89. The van der Waals surface area contributed by atoms with Crippen molar-refractivity contribution in [2.45, 2.75) is 23.4 Å². The molecule has 10 nitrogen and oxygen atoms in total. The molecule has 0 fully saturated rings. The fourth-order valence-electron chi connectivity index (χ4n) is 4.14. The maximum Gasteiger partial charge on any atom is 0.276 e. The maximum atomic E-state index is 13.4. The summed E-state index contributed by atoms with van der Waals surface area (Å²) < 4.78 is 31.9. The van der Waals surface area contributed by atoms with Gasteiger partial charge in [-0.3, -0.25) is 10.0 Å². The number of carbonyl (C=O) groups excluding carboxylic acids is 1. The van der Waals surface area contributed by atoms with Crippen LogP contribution in [-0.2, 0) is 16.4 Å². The minimum atomic E-state index is -3.95. The molecular weight excluding hydrogens is 520 g/mol. The van der Waals surface area contributed by atoms with E-state index in [9.17, 15) is 18.4 Å². The Morgan fingerprint density at radius 3 is 2.51 bits per heavy atom. The summed E-state index contributed by atoms with van der Waals surface area (Å²) in [5, 5.41) is 24.3. The number of amides is 1. The molecule has 0 atom stereocenters. The fourth-order valence-corrected chi connectivity index (χ4v) is 5.55. The molecule has 1 aromatic heterocycles. The molecule has 200 valence electrons. The zero-order valence-electron chi connectivity index (χ0n) is 21.1. The molecule has 0 saturated heterocycles. The summed E-state index contributed by atoms with van der Waals surface area (Å²) in [6.07, 6.45) is 2.69. The Bertz CT molecular complexity index is 1640. The molecule has 11 heteroatoms. The summed E-state index contributed by atoms with van der Waals surface area (Å²) in [6.45, 7) is 1.82. The number of pyridine rings is 1. The molecule has 1 amide bonds. The van der Waals surface area contributed by atoms with Crippen molar-refractivity contribution < 1.29 is 28.4 Å². The number of carbonyl (C=O) groups is 1. The summed E-state index contributed by atoms with van der Waals surface area (Å²) >= 11 is 0. The summed E-state index contributed by atoms with van der Waals surface area (Å²) in [4.78, 5) is 16.9. The molecule has 4 N–H and O–H groups in total. The molecule has 0 bridgehead atoms. The first kappa shape index (κ1) is 27.3. The van der Waals surface area contributed by atoms with Crippen LogP contribution in [0.4, 0.5) is 5.69 Å². The number of hydroxylamine groups is 1. The minimum Gasteiger partial charge on any atom is -0.497 e. The Labute approximate surface area is 225 Å². The van der Waals surface area contributed by atoms with E-state index in [1.165, 1.54) is 31.7 Å². The van der Waals surface area contributed by atoms with Gasteiger partial charge in [0.15, 0.2) is 5.03 Å². The number of ether oxygens (including phenoxy) is 1. The van der Waals surface area contributed by atoms with E-state index in [2.05, 4.69) is 15.5 Å². The standard InChI is InChI=1S/C28H26N4O6S/c1-18-13-22(20-6-3-5-19(14-20)16-31-34)15-25(27(33)32-35)26(18)30-17-21-7-4-12-29-28(21)39(36,37)24-10-8-23(38-2)9-11-24/h3-16,30,34-35H,17H2,1-2H3,(H,32,33)/b31-16-. The number of rotatable bonds is 9. The number of hydrogen-bond acceptors (Lipinski definition) is 9. The number of hydrogen-bond donors (Lipinski definition) is 4. The van der Waals surface area contributed by atoms with Crippen LogP contribution in [0, 0.1) is 6.92 Å². The number of benzene rings is 3. The second-order valence-electron chi connectivity index (χ2n) is 8.53. The molecule has 0 aliphatic rings. The quantitative estimate of drug-likeness (QED) is 0.104. The highest BCUT2D eigenvalue weighted by Gasteiger charge is 2.23.